The number of carbonyl (C=O) groups is 2. The molecule has 0 saturated heterocycles. The van der Waals surface area contributed by atoms with Gasteiger partial charge in [0.2, 0.25) is 0 Å². The summed E-state index contributed by atoms with van der Waals surface area (Å²) in [6.07, 6.45) is 0.906. The third kappa shape index (κ3) is 3.86. The minimum Gasteiger partial charge on any atom is -0.497 e. The Morgan fingerprint density at radius 3 is 2.36 bits per heavy atom. The molecule has 6 nitrogen and oxygen atoms in total. The molecule has 2 amide bonds. The highest BCUT2D eigenvalue weighted by Crippen LogP contribution is 2.31. The predicted molar refractivity (Wildman–Crippen MR) is 108 cm³/mol. The third-order valence-corrected chi connectivity index (χ3v) is 4.44. The number of anilines is 1. The lowest BCUT2D eigenvalue weighted by molar-refractivity contribution is -0.136. The molecule has 1 heterocycles. The van der Waals surface area contributed by atoms with E-state index in [0.717, 1.165) is 6.42 Å². The molecule has 0 aromatic heterocycles. The number of ether oxygens (including phenoxy) is 2. The van der Waals surface area contributed by atoms with Gasteiger partial charge < -0.3 is 14.8 Å². The molecule has 1 aliphatic rings. The summed E-state index contributed by atoms with van der Waals surface area (Å²) in [5.74, 6) is 0.753. The maximum atomic E-state index is 12.9. The number of benzene rings is 2. The van der Waals surface area contributed by atoms with Crippen LogP contribution in [0.15, 0.2) is 54.2 Å². The maximum absolute atomic E-state index is 12.9. The van der Waals surface area contributed by atoms with Gasteiger partial charge in [-0.2, -0.15) is 0 Å². The SMILES string of the molecule is CCCOc1cccc(NC2=C(c3ccc(OC)cc3)C(=O)N(CC)C2=O)c1. The number of nitrogens with zero attached hydrogens (tertiary/aromatic N) is 1. The maximum Gasteiger partial charge on any atom is 0.278 e. The van der Waals surface area contributed by atoms with E-state index in [1.165, 1.54) is 4.90 Å². The molecule has 0 unspecified atom stereocenters. The Morgan fingerprint density at radius 1 is 0.964 bits per heavy atom. The van der Waals surface area contributed by atoms with E-state index in [-0.39, 0.29) is 17.5 Å². The zero-order valence-electron chi connectivity index (χ0n) is 16.3. The summed E-state index contributed by atoms with van der Waals surface area (Å²) in [5.41, 5.74) is 1.98. The van der Waals surface area contributed by atoms with Crippen LogP contribution in [0.4, 0.5) is 5.69 Å². The quantitative estimate of drug-likeness (QED) is 0.708. The van der Waals surface area contributed by atoms with E-state index in [2.05, 4.69) is 5.32 Å². The van der Waals surface area contributed by atoms with Crippen molar-refractivity contribution in [2.45, 2.75) is 20.3 Å². The van der Waals surface area contributed by atoms with Crippen molar-refractivity contribution in [3.63, 3.8) is 0 Å². The molecule has 0 radical (unpaired) electrons. The molecule has 28 heavy (non-hydrogen) atoms. The summed E-state index contributed by atoms with van der Waals surface area (Å²) in [7, 11) is 1.58. The van der Waals surface area contributed by atoms with Crippen LogP contribution in [0.5, 0.6) is 11.5 Å². The summed E-state index contributed by atoms with van der Waals surface area (Å²) >= 11 is 0. The Kier molecular flexibility index (Phi) is 5.99. The lowest BCUT2D eigenvalue weighted by atomic mass is 10.0. The highest BCUT2D eigenvalue weighted by molar-refractivity contribution is 6.36. The first kappa shape index (κ1) is 19.5. The second-order valence-corrected chi connectivity index (χ2v) is 6.33. The molecular weight excluding hydrogens is 356 g/mol. The van der Waals surface area contributed by atoms with Crippen molar-refractivity contribution in [1.82, 2.24) is 4.90 Å². The number of likely N-dealkylation sites (N-methyl/N-ethyl adjacent to an activating group) is 1. The van der Waals surface area contributed by atoms with Crippen LogP contribution in [-0.2, 0) is 9.59 Å². The van der Waals surface area contributed by atoms with E-state index in [4.69, 9.17) is 9.47 Å². The number of imide groups is 1. The fourth-order valence-corrected chi connectivity index (χ4v) is 3.03. The lowest BCUT2D eigenvalue weighted by Gasteiger charge is -2.12. The summed E-state index contributed by atoms with van der Waals surface area (Å²) in [5, 5.41) is 3.14. The van der Waals surface area contributed by atoms with E-state index in [9.17, 15) is 9.59 Å². The molecule has 6 heteroatoms. The smallest absolute Gasteiger partial charge is 0.278 e. The lowest BCUT2D eigenvalue weighted by Crippen LogP contribution is -2.32. The molecule has 0 aliphatic carbocycles. The minimum atomic E-state index is -0.335. The highest BCUT2D eigenvalue weighted by atomic mass is 16.5. The summed E-state index contributed by atoms with van der Waals surface area (Å²) in [4.78, 5) is 26.9. The van der Waals surface area contributed by atoms with Gasteiger partial charge in [0.15, 0.2) is 0 Å². The molecule has 3 rings (SSSR count). The number of amides is 2. The van der Waals surface area contributed by atoms with Gasteiger partial charge in [-0.15, -0.1) is 0 Å². The first-order valence-electron chi connectivity index (χ1n) is 9.33. The molecule has 1 aliphatic heterocycles. The van der Waals surface area contributed by atoms with Crippen LogP contribution in [0.25, 0.3) is 5.57 Å². The summed E-state index contributed by atoms with van der Waals surface area (Å²) in [6.45, 7) is 4.74. The Balaban J connectivity index is 1.98. The Labute approximate surface area is 164 Å². The molecular formula is C22H24N2O4. The second-order valence-electron chi connectivity index (χ2n) is 6.33. The van der Waals surface area contributed by atoms with E-state index in [1.807, 2.05) is 31.2 Å². The van der Waals surface area contributed by atoms with Crippen LogP contribution >= 0.6 is 0 Å². The summed E-state index contributed by atoms with van der Waals surface area (Å²) in [6, 6.07) is 14.5. The Hall–Kier alpha value is -3.28. The van der Waals surface area contributed by atoms with E-state index in [1.54, 1.807) is 38.3 Å². The number of methoxy groups -OCH3 is 1. The van der Waals surface area contributed by atoms with Crippen molar-refractivity contribution in [1.29, 1.82) is 0 Å². The van der Waals surface area contributed by atoms with Gasteiger partial charge in [0.05, 0.1) is 19.3 Å². The van der Waals surface area contributed by atoms with Crippen LogP contribution in [0.2, 0.25) is 0 Å². The van der Waals surface area contributed by atoms with Crippen molar-refractivity contribution in [3.8, 4) is 11.5 Å². The van der Waals surface area contributed by atoms with Gasteiger partial charge in [-0.25, -0.2) is 0 Å². The Morgan fingerprint density at radius 2 is 1.71 bits per heavy atom. The van der Waals surface area contributed by atoms with Gasteiger partial charge in [0, 0.05) is 18.3 Å². The van der Waals surface area contributed by atoms with E-state index >= 15 is 0 Å². The molecule has 146 valence electrons. The summed E-state index contributed by atoms with van der Waals surface area (Å²) < 4.78 is 10.8. The molecule has 2 aromatic carbocycles. The predicted octanol–water partition coefficient (Wildman–Crippen LogP) is 3.70. The molecule has 0 saturated carbocycles. The van der Waals surface area contributed by atoms with E-state index in [0.29, 0.717) is 41.5 Å². The first-order valence-corrected chi connectivity index (χ1v) is 9.33. The van der Waals surface area contributed by atoms with Gasteiger partial charge in [-0.05, 0) is 43.2 Å². The first-order chi connectivity index (χ1) is 13.6. The van der Waals surface area contributed by atoms with Gasteiger partial charge >= 0.3 is 0 Å². The molecule has 0 spiro atoms. The normalized spacial score (nSPS) is 13.9. The van der Waals surface area contributed by atoms with Crippen LogP contribution < -0.4 is 14.8 Å². The number of carbonyl (C=O) groups excluding carboxylic acids is 2. The topological polar surface area (TPSA) is 67.9 Å². The highest BCUT2D eigenvalue weighted by Gasteiger charge is 2.38. The zero-order chi connectivity index (χ0) is 20.1. The number of hydrogen-bond acceptors (Lipinski definition) is 5. The van der Waals surface area contributed by atoms with Crippen molar-refractivity contribution < 1.29 is 19.1 Å². The van der Waals surface area contributed by atoms with Crippen molar-refractivity contribution in [2.24, 2.45) is 0 Å². The fraction of sp³-hybridized carbons (Fsp3) is 0.273. The average molecular weight is 380 g/mol. The van der Waals surface area contributed by atoms with Gasteiger partial charge in [-0.3, -0.25) is 14.5 Å². The van der Waals surface area contributed by atoms with Crippen molar-refractivity contribution in [3.05, 3.63) is 59.8 Å². The fourth-order valence-electron chi connectivity index (χ4n) is 3.03. The van der Waals surface area contributed by atoms with Crippen molar-refractivity contribution >= 4 is 23.1 Å². The van der Waals surface area contributed by atoms with Crippen molar-refractivity contribution in [2.75, 3.05) is 25.6 Å². The standard InChI is InChI=1S/C22H24N2O4/c1-4-13-28-18-8-6-7-16(14-18)23-20-19(21(25)24(5-2)22(20)26)15-9-11-17(27-3)12-10-15/h6-12,14,23H,4-5,13H2,1-3H3. The molecule has 0 fully saturated rings. The molecule has 2 aromatic rings. The van der Waals surface area contributed by atoms with E-state index < -0.39 is 0 Å². The molecule has 0 atom stereocenters. The van der Waals surface area contributed by atoms with Crippen LogP contribution in [0, 0.1) is 0 Å². The van der Waals surface area contributed by atoms with Crippen LogP contribution in [0.3, 0.4) is 0 Å². The number of hydrogen-bond donors (Lipinski definition) is 1. The third-order valence-electron chi connectivity index (χ3n) is 4.44. The number of rotatable bonds is 8. The monoisotopic (exact) mass is 380 g/mol. The number of nitrogens with one attached hydrogen (secondary N) is 1. The van der Waals surface area contributed by atoms with Crippen LogP contribution in [0.1, 0.15) is 25.8 Å². The van der Waals surface area contributed by atoms with Crippen LogP contribution in [-0.4, -0.2) is 37.0 Å². The minimum absolute atomic E-state index is 0.268. The largest absolute Gasteiger partial charge is 0.497 e. The zero-order valence-corrected chi connectivity index (χ0v) is 16.3. The van der Waals surface area contributed by atoms with Gasteiger partial charge in [0.25, 0.3) is 11.8 Å². The van der Waals surface area contributed by atoms with Gasteiger partial charge in [-0.1, -0.05) is 25.1 Å². The van der Waals surface area contributed by atoms with Gasteiger partial charge in [0.1, 0.15) is 17.2 Å². The molecule has 1 N–H and O–H groups in total. The molecule has 0 bridgehead atoms. The second kappa shape index (κ2) is 8.61. The Bertz CT molecular complexity index is 903. The average Bonchev–Trinajstić information content (AvgIpc) is 2.96.